The van der Waals surface area contributed by atoms with Gasteiger partial charge in [-0.15, -0.1) is 0 Å². The molecule has 0 atom stereocenters. The van der Waals surface area contributed by atoms with Gasteiger partial charge >= 0.3 is 0 Å². The van der Waals surface area contributed by atoms with Gasteiger partial charge in [0.2, 0.25) is 0 Å². The average Bonchev–Trinajstić information content (AvgIpc) is 2.40. The van der Waals surface area contributed by atoms with Crippen LogP contribution in [0.1, 0.15) is 5.56 Å². The van der Waals surface area contributed by atoms with Crippen molar-refractivity contribution in [3.63, 3.8) is 0 Å². The zero-order valence-electron chi connectivity index (χ0n) is 10.9. The molecule has 110 valence electrons. The van der Waals surface area contributed by atoms with Crippen molar-refractivity contribution in [2.24, 2.45) is 0 Å². The smallest absolute Gasteiger partial charge is 0.274 e. The molecule has 0 heterocycles. The normalized spacial score (nSPS) is 11.1. The van der Waals surface area contributed by atoms with E-state index in [0.29, 0.717) is 5.56 Å². The number of nitrogens with zero attached hydrogens (tertiary/aromatic N) is 1. The minimum atomic E-state index is -4.00. The Morgan fingerprint density at radius 2 is 1.90 bits per heavy atom. The van der Waals surface area contributed by atoms with Gasteiger partial charge in [0.05, 0.1) is 15.5 Å². The van der Waals surface area contributed by atoms with Crippen LogP contribution >= 0.6 is 0 Å². The van der Waals surface area contributed by atoms with Crippen molar-refractivity contribution >= 4 is 21.4 Å². The lowest BCUT2D eigenvalue weighted by molar-refractivity contribution is -0.385. The summed E-state index contributed by atoms with van der Waals surface area (Å²) in [7, 11) is -4.00. The average molecular weight is 310 g/mol. The summed E-state index contributed by atoms with van der Waals surface area (Å²) in [6.07, 6.45) is 0. The van der Waals surface area contributed by atoms with Crippen LogP contribution in [0, 0.1) is 22.9 Å². The Morgan fingerprint density at radius 1 is 1.19 bits per heavy atom. The molecule has 0 aromatic heterocycles. The van der Waals surface area contributed by atoms with Gasteiger partial charge in [-0.3, -0.25) is 14.8 Å². The largest absolute Gasteiger partial charge is 0.279 e. The molecule has 0 spiro atoms. The van der Waals surface area contributed by atoms with E-state index in [1.165, 1.54) is 24.3 Å². The third-order valence-corrected chi connectivity index (χ3v) is 4.14. The molecule has 2 rings (SSSR count). The second-order valence-electron chi connectivity index (χ2n) is 4.32. The van der Waals surface area contributed by atoms with E-state index >= 15 is 0 Å². The van der Waals surface area contributed by atoms with E-state index in [2.05, 4.69) is 4.72 Å². The van der Waals surface area contributed by atoms with E-state index in [1.54, 1.807) is 6.92 Å². The maximum absolute atomic E-state index is 13.1. The number of halogens is 1. The first-order valence-corrected chi connectivity index (χ1v) is 7.31. The van der Waals surface area contributed by atoms with Gasteiger partial charge in [0.1, 0.15) is 5.82 Å². The molecule has 0 bridgehead atoms. The molecule has 0 radical (unpaired) electrons. The molecule has 21 heavy (non-hydrogen) atoms. The number of hydrogen-bond donors (Lipinski definition) is 1. The predicted molar refractivity (Wildman–Crippen MR) is 75.0 cm³/mol. The van der Waals surface area contributed by atoms with Crippen LogP contribution in [0.4, 0.5) is 15.8 Å². The SMILES string of the molecule is Cc1ccc(NS(=O)(=O)c2cccc(F)c2)cc1[N+](=O)[O-]. The van der Waals surface area contributed by atoms with Gasteiger partial charge in [-0.05, 0) is 31.2 Å². The number of benzene rings is 2. The van der Waals surface area contributed by atoms with Gasteiger partial charge in [0, 0.05) is 11.6 Å². The molecule has 0 aliphatic carbocycles. The van der Waals surface area contributed by atoms with Crippen LogP contribution < -0.4 is 4.72 Å². The molecule has 0 saturated carbocycles. The zero-order valence-corrected chi connectivity index (χ0v) is 11.7. The first-order valence-electron chi connectivity index (χ1n) is 5.83. The van der Waals surface area contributed by atoms with E-state index in [1.807, 2.05) is 0 Å². The van der Waals surface area contributed by atoms with E-state index in [9.17, 15) is 22.9 Å². The summed E-state index contributed by atoms with van der Waals surface area (Å²) >= 11 is 0. The van der Waals surface area contributed by atoms with E-state index in [0.717, 1.165) is 18.2 Å². The van der Waals surface area contributed by atoms with Gasteiger partial charge in [-0.25, -0.2) is 12.8 Å². The van der Waals surface area contributed by atoms with E-state index < -0.39 is 20.8 Å². The molecule has 1 N–H and O–H groups in total. The van der Waals surface area contributed by atoms with Crippen molar-refractivity contribution in [3.05, 3.63) is 64.0 Å². The topological polar surface area (TPSA) is 89.3 Å². The summed E-state index contributed by atoms with van der Waals surface area (Å²) in [4.78, 5) is 9.97. The van der Waals surface area contributed by atoms with Gasteiger partial charge < -0.3 is 0 Å². The predicted octanol–water partition coefficient (Wildman–Crippen LogP) is 2.84. The lowest BCUT2D eigenvalue weighted by Gasteiger charge is -2.08. The Labute approximate surface area is 120 Å². The summed E-state index contributed by atoms with van der Waals surface area (Å²) in [6.45, 7) is 1.54. The number of hydrogen-bond acceptors (Lipinski definition) is 4. The molecule has 0 aliphatic rings. The summed E-state index contributed by atoms with van der Waals surface area (Å²) in [5.41, 5.74) is 0.250. The Kier molecular flexibility index (Phi) is 3.90. The lowest BCUT2D eigenvalue weighted by atomic mass is 10.2. The molecule has 2 aromatic carbocycles. The first kappa shape index (κ1) is 14.9. The molecule has 0 saturated heterocycles. The maximum Gasteiger partial charge on any atom is 0.274 e. The number of sulfonamides is 1. The van der Waals surface area contributed by atoms with Crippen LogP contribution in [0.2, 0.25) is 0 Å². The van der Waals surface area contributed by atoms with Crippen LogP contribution in [-0.2, 0) is 10.0 Å². The fourth-order valence-corrected chi connectivity index (χ4v) is 2.80. The second kappa shape index (κ2) is 5.49. The molecular weight excluding hydrogens is 299 g/mol. The quantitative estimate of drug-likeness (QED) is 0.694. The fourth-order valence-electron chi connectivity index (χ4n) is 1.72. The van der Waals surface area contributed by atoms with E-state index in [-0.39, 0.29) is 16.3 Å². The molecule has 2 aromatic rings. The summed E-state index contributed by atoms with van der Waals surface area (Å²) in [5.74, 6) is -0.687. The lowest BCUT2D eigenvalue weighted by Crippen LogP contribution is -2.13. The van der Waals surface area contributed by atoms with Crippen molar-refractivity contribution in [1.29, 1.82) is 0 Å². The molecule has 0 aliphatic heterocycles. The number of rotatable bonds is 4. The summed E-state index contributed by atoms with van der Waals surface area (Å²) in [5, 5.41) is 10.8. The van der Waals surface area contributed by atoms with Crippen molar-refractivity contribution < 1.29 is 17.7 Å². The standard InChI is InChI=1S/C13H11FN2O4S/c1-9-5-6-11(8-13(9)16(17)18)15-21(19,20)12-4-2-3-10(14)7-12/h2-8,15H,1H3. The molecule has 8 heteroatoms. The van der Waals surface area contributed by atoms with Gasteiger partial charge in [-0.2, -0.15) is 0 Å². The highest BCUT2D eigenvalue weighted by atomic mass is 32.2. The van der Waals surface area contributed by atoms with Crippen molar-refractivity contribution in [1.82, 2.24) is 0 Å². The van der Waals surface area contributed by atoms with Gasteiger partial charge in [-0.1, -0.05) is 12.1 Å². The summed E-state index contributed by atoms with van der Waals surface area (Å²) < 4.78 is 39.4. The number of nitro benzene ring substituents is 1. The minimum Gasteiger partial charge on any atom is -0.279 e. The van der Waals surface area contributed by atoms with Crippen LogP contribution in [0.5, 0.6) is 0 Å². The molecule has 6 nitrogen and oxygen atoms in total. The number of nitro groups is 1. The van der Waals surface area contributed by atoms with Crippen molar-refractivity contribution in [2.75, 3.05) is 4.72 Å². The van der Waals surface area contributed by atoms with Crippen LogP contribution in [-0.4, -0.2) is 13.3 Å². The monoisotopic (exact) mass is 310 g/mol. The fraction of sp³-hybridized carbons (Fsp3) is 0.0769. The number of nitrogens with one attached hydrogen (secondary N) is 1. The highest BCUT2D eigenvalue weighted by Gasteiger charge is 2.17. The Morgan fingerprint density at radius 3 is 2.52 bits per heavy atom. The maximum atomic E-state index is 13.1. The Balaban J connectivity index is 2.37. The van der Waals surface area contributed by atoms with E-state index in [4.69, 9.17) is 0 Å². The zero-order chi connectivity index (χ0) is 15.6. The van der Waals surface area contributed by atoms with Crippen LogP contribution in [0.25, 0.3) is 0 Å². The van der Waals surface area contributed by atoms with Crippen molar-refractivity contribution in [3.8, 4) is 0 Å². The van der Waals surface area contributed by atoms with Crippen molar-refractivity contribution in [2.45, 2.75) is 11.8 Å². The number of aryl methyl sites for hydroxylation is 1. The number of anilines is 1. The summed E-state index contributed by atoms with van der Waals surface area (Å²) in [6, 6.07) is 8.43. The highest BCUT2D eigenvalue weighted by Crippen LogP contribution is 2.24. The Bertz CT molecular complexity index is 806. The molecular formula is C13H11FN2O4S. The third kappa shape index (κ3) is 3.34. The van der Waals surface area contributed by atoms with Crippen LogP contribution in [0.15, 0.2) is 47.4 Å². The van der Waals surface area contributed by atoms with Gasteiger partial charge in [0.25, 0.3) is 15.7 Å². The molecule has 0 amide bonds. The molecule has 0 fully saturated rings. The molecule has 0 unspecified atom stereocenters. The van der Waals surface area contributed by atoms with Crippen LogP contribution in [0.3, 0.4) is 0 Å². The van der Waals surface area contributed by atoms with Gasteiger partial charge in [0.15, 0.2) is 0 Å². The Hall–Kier alpha value is -2.48. The minimum absolute atomic E-state index is 0.0385. The highest BCUT2D eigenvalue weighted by molar-refractivity contribution is 7.92. The first-order chi connectivity index (χ1) is 9.79. The third-order valence-electron chi connectivity index (χ3n) is 2.76. The second-order valence-corrected chi connectivity index (χ2v) is 6.00.